The standard InChI is InChI=1S/C13H15FN2O2/c14-11-3-1-10(2-4-11)9-12(17)13(18)16-7-5-15-6-8-16/h1-4,15H,5-9H2. The van der Waals surface area contributed by atoms with Gasteiger partial charge in [0.25, 0.3) is 5.91 Å². The van der Waals surface area contributed by atoms with Crippen molar-refractivity contribution in [2.75, 3.05) is 26.2 Å². The van der Waals surface area contributed by atoms with Crippen molar-refractivity contribution in [3.63, 3.8) is 0 Å². The van der Waals surface area contributed by atoms with E-state index in [1.54, 1.807) is 4.90 Å². The Labute approximate surface area is 105 Å². The summed E-state index contributed by atoms with van der Waals surface area (Å²) >= 11 is 0. The molecule has 0 unspecified atom stereocenters. The van der Waals surface area contributed by atoms with E-state index in [4.69, 9.17) is 0 Å². The molecule has 18 heavy (non-hydrogen) atoms. The summed E-state index contributed by atoms with van der Waals surface area (Å²) in [6.45, 7) is 2.56. The lowest BCUT2D eigenvalue weighted by molar-refractivity contribution is -0.144. The van der Waals surface area contributed by atoms with E-state index in [9.17, 15) is 14.0 Å². The molecule has 0 spiro atoms. The summed E-state index contributed by atoms with van der Waals surface area (Å²) in [6.07, 6.45) is 0.0308. The quantitative estimate of drug-likeness (QED) is 0.788. The molecule has 1 aromatic carbocycles. The molecule has 96 valence electrons. The van der Waals surface area contributed by atoms with E-state index in [0.717, 1.165) is 13.1 Å². The van der Waals surface area contributed by atoms with E-state index in [-0.39, 0.29) is 12.2 Å². The number of carbonyl (C=O) groups is 2. The average molecular weight is 250 g/mol. The van der Waals surface area contributed by atoms with Crippen molar-refractivity contribution in [3.05, 3.63) is 35.6 Å². The third kappa shape index (κ3) is 3.13. The van der Waals surface area contributed by atoms with Gasteiger partial charge in [-0.3, -0.25) is 9.59 Å². The Bertz CT molecular complexity index is 439. The number of hydrogen-bond donors (Lipinski definition) is 1. The fourth-order valence-electron chi connectivity index (χ4n) is 1.91. The highest BCUT2D eigenvalue weighted by Gasteiger charge is 2.22. The summed E-state index contributed by atoms with van der Waals surface area (Å²) < 4.78 is 12.7. The van der Waals surface area contributed by atoms with Gasteiger partial charge in [-0.25, -0.2) is 4.39 Å². The van der Waals surface area contributed by atoms with Crippen LogP contribution in [0.1, 0.15) is 5.56 Å². The molecule has 1 aliphatic rings. The zero-order valence-corrected chi connectivity index (χ0v) is 9.99. The minimum absolute atomic E-state index is 0.0308. The Morgan fingerprint density at radius 2 is 1.78 bits per heavy atom. The van der Waals surface area contributed by atoms with Crippen molar-refractivity contribution < 1.29 is 14.0 Å². The van der Waals surface area contributed by atoms with Crippen LogP contribution in [0.4, 0.5) is 4.39 Å². The van der Waals surface area contributed by atoms with Crippen molar-refractivity contribution in [2.45, 2.75) is 6.42 Å². The predicted molar refractivity (Wildman–Crippen MR) is 64.6 cm³/mol. The summed E-state index contributed by atoms with van der Waals surface area (Å²) in [5, 5.41) is 3.12. The summed E-state index contributed by atoms with van der Waals surface area (Å²) in [4.78, 5) is 25.2. The van der Waals surface area contributed by atoms with Gasteiger partial charge in [-0.1, -0.05) is 12.1 Å². The normalized spacial score (nSPS) is 15.5. The Hall–Kier alpha value is -1.75. The molecule has 4 nitrogen and oxygen atoms in total. The first-order valence-electron chi connectivity index (χ1n) is 5.94. The molecule has 0 saturated carbocycles. The van der Waals surface area contributed by atoms with Gasteiger partial charge < -0.3 is 10.2 Å². The number of ketones is 1. The highest BCUT2D eigenvalue weighted by molar-refractivity contribution is 6.36. The molecule has 1 aromatic rings. The molecule has 0 radical (unpaired) electrons. The molecule has 1 heterocycles. The van der Waals surface area contributed by atoms with Crippen molar-refractivity contribution >= 4 is 11.7 Å². The maximum absolute atomic E-state index is 12.7. The van der Waals surface area contributed by atoms with Gasteiger partial charge in [0.1, 0.15) is 5.82 Å². The third-order valence-electron chi connectivity index (χ3n) is 2.92. The van der Waals surface area contributed by atoms with Crippen LogP contribution in [-0.2, 0) is 16.0 Å². The maximum atomic E-state index is 12.7. The summed E-state index contributed by atoms with van der Waals surface area (Å²) in [6, 6.07) is 5.63. The Morgan fingerprint density at radius 1 is 1.17 bits per heavy atom. The number of carbonyl (C=O) groups excluding carboxylic acids is 2. The van der Waals surface area contributed by atoms with Crippen molar-refractivity contribution in [1.29, 1.82) is 0 Å². The van der Waals surface area contributed by atoms with E-state index < -0.39 is 11.7 Å². The first-order chi connectivity index (χ1) is 8.66. The highest BCUT2D eigenvalue weighted by atomic mass is 19.1. The fraction of sp³-hybridized carbons (Fsp3) is 0.385. The minimum atomic E-state index is -0.444. The van der Waals surface area contributed by atoms with Gasteiger partial charge in [-0.05, 0) is 17.7 Å². The van der Waals surface area contributed by atoms with Gasteiger partial charge in [0.05, 0.1) is 0 Å². The Morgan fingerprint density at radius 3 is 2.39 bits per heavy atom. The van der Waals surface area contributed by atoms with Crippen LogP contribution in [0, 0.1) is 5.82 Å². The lowest BCUT2D eigenvalue weighted by Crippen LogP contribution is -2.49. The second-order valence-electron chi connectivity index (χ2n) is 4.27. The second-order valence-corrected chi connectivity index (χ2v) is 4.27. The average Bonchev–Trinajstić information content (AvgIpc) is 2.41. The number of rotatable bonds is 3. The summed E-state index contributed by atoms with van der Waals surface area (Å²) in [7, 11) is 0. The van der Waals surface area contributed by atoms with Gasteiger partial charge >= 0.3 is 0 Å². The zero-order valence-electron chi connectivity index (χ0n) is 9.99. The smallest absolute Gasteiger partial charge is 0.290 e. The maximum Gasteiger partial charge on any atom is 0.290 e. The third-order valence-corrected chi connectivity index (χ3v) is 2.92. The van der Waals surface area contributed by atoms with Gasteiger partial charge in [0, 0.05) is 32.6 Å². The molecule has 0 aromatic heterocycles. The number of Topliss-reactive ketones (excluding diaryl/α,β-unsaturated/α-hetero) is 1. The number of nitrogens with one attached hydrogen (secondary N) is 1. The van der Waals surface area contributed by atoms with Crippen LogP contribution >= 0.6 is 0 Å². The van der Waals surface area contributed by atoms with E-state index in [0.29, 0.717) is 18.7 Å². The van der Waals surface area contributed by atoms with Crippen LogP contribution in [0.2, 0.25) is 0 Å². The number of benzene rings is 1. The topological polar surface area (TPSA) is 49.4 Å². The minimum Gasteiger partial charge on any atom is -0.334 e. The van der Waals surface area contributed by atoms with Gasteiger partial charge in [-0.15, -0.1) is 0 Å². The van der Waals surface area contributed by atoms with Crippen LogP contribution in [-0.4, -0.2) is 42.8 Å². The van der Waals surface area contributed by atoms with Crippen LogP contribution in [0.5, 0.6) is 0 Å². The Balaban J connectivity index is 1.94. The fourth-order valence-corrected chi connectivity index (χ4v) is 1.91. The van der Waals surface area contributed by atoms with Gasteiger partial charge in [0.2, 0.25) is 5.78 Å². The molecule has 1 N–H and O–H groups in total. The van der Waals surface area contributed by atoms with Crippen LogP contribution in [0.25, 0.3) is 0 Å². The lowest BCUT2D eigenvalue weighted by Gasteiger charge is -2.26. The second kappa shape index (κ2) is 5.73. The molecule has 2 rings (SSSR count). The van der Waals surface area contributed by atoms with E-state index in [1.807, 2.05) is 0 Å². The summed E-state index contributed by atoms with van der Waals surface area (Å²) in [5.74, 6) is -1.23. The molecule has 0 aliphatic carbocycles. The van der Waals surface area contributed by atoms with Crippen LogP contribution < -0.4 is 5.32 Å². The molecular formula is C13H15FN2O2. The largest absolute Gasteiger partial charge is 0.334 e. The van der Waals surface area contributed by atoms with Crippen molar-refractivity contribution in [1.82, 2.24) is 10.2 Å². The van der Waals surface area contributed by atoms with Crippen LogP contribution in [0.3, 0.4) is 0 Å². The number of amides is 1. The molecule has 1 saturated heterocycles. The first-order valence-corrected chi connectivity index (χ1v) is 5.94. The van der Waals surface area contributed by atoms with Crippen LogP contribution in [0.15, 0.2) is 24.3 Å². The molecule has 0 bridgehead atoms. The molecule has 1 aliphatic heterocycles. The first kappa shape index (κ1) is 12.7. The molecule has 1 amide bonds. The molecule has 1 fully saturated rings. The monoisotopic (exact) mass is 250 g/mol. The molecule has 0 atom stereocenters. The van der Waals surface area contributed by atoms with E-state index in [2.05, 4.69) is 5.32 Å². The molecular weight excluding hydrogens is 235 g/mol. The lowest BCUT2D eigenvalue weighted by atomic mass is 10.1. The van der Waals surface area contributed by atoms with Crippen molar-refractivity contribution in [2.24, 2.45) is 0 Å². The SMILES string of the molecule is O=C(Cc1ccc(F)cc1)C(=O)N1CCNCC1. The number of piperazine rings is 1. The predicted octanol–water partition coefficient (Wildman–Crippen LogP) is 0.369. The van der Waals surface area contributed by atoms with E-state index >= 15 is 0 Å². The Kier molecular flexibility index (Phi) is 4.04. The molecule has 5 heteroatoms. The number of hydrogen-bond acceptors (Lipinski definition) is 3. The van der Waals surface area contributed by atoms with E-state index in [1.165, 1.54) is 24.3 Å². The van der Waals surface area contributed by atoms with Gasteiger partial charge in [-0.2, -0.15) is 0 Å². The highest BCUT2D eigenvalue weighted by Crippen LogP contribution is 2.05. The van der Waals surface area contributed by atoms with Crippen molar-refractivity contribution in [3.8, 4) is 0 Å². The summed E-state index contributed by atoms with van der Waals surface area (Å²) in [5.41, 5.74) is 0.657. The number of halogens is 1. The van der Waals surface area contributed by atoms with Gasteiger partial charge in [0.15, 0.2) is 0 Å². The number of nitrogens with zero attached hydrogens (tertiary/aromatic N) is 1. The zero-order chi connectivity index (χ0) is 13.0.